The van der Waals surface area contributed by atoms with Gasteiger partial charge in [0.05, 0.1) is 0 Å². The molecule has 2 rings (SSSR count). The SMILES string of the molecule is CCC1(CC)CCN(c2cc(NC)nc(COC)n2)CC1. The highest BCUT2D eigenvalue weighted by Crippen LogP contribution is 2.38. The molecule has 0 bridgehead atoms. The third-order valence-electron chi connectivity index (χ3n) is 4.94. The highest BCUT2D eigenvalue weighted by molar-refractivity contribution is 5.49. The number of rotatable bonds is 6. The van der Waals surface area contributed by atoms with Crippen LogP contribution < -0.4 is 10.2 Å². The van der Waals surface area contributed by atoms with Crippen molar-refractivity contribution in [2.24, 2.45) is 5.41 Å². The fourth-order valence-electron chi connectivity index (χ4n) is 3.13. The van der Waals surface area contributed by atoms with Crippen LogP contribution in [0.5, 0.6) is 0 Å². The first kappa shape index (κ1) is 16.0. The second kappa shape index (κ2) is 7.07. The molecule has 1 aromatic rings. The van der Waals surface area contributed by atoms with E-state index >= 15 is 0 Å². The summed E-state index contributed by atoms with van der Waals surface area (Å²) in [5.41, 5.74) is 0.532. The lowest BCUT2D eigenvalue weighted by Gasteiger charge is -2.41. The van der Waals surface area contributed by atoms with Gasteiger partial charge in [0, 0.05) is 33.3 Å². The molecule has 0 saturated carbocycles. The molecule has 2 heterocycles. The van der Waals surface area contributed by atoms with Crippen molar-refractivity contribution in [3.63, 3.8) is 0 Å². The molecule has 0 atom stereocenters. The van der Waals surface area contributed by atoms with E-state index in [1.54, 1.807) is 7.11 Å². The quantitative estimate of drug-likeness (QED) is 0.873. The van der Waals surface area contributed by atoms with Crippen LogP contribution in [0.15, 0.2) is 6.07 Å². The second-order valence-electron chi connectivity index (χ2n) is 5.90. The third-order valence-corrected chi connectivity index (χ3v) is 4.94. The van der Waals surface area contributed by atoms with Gasteiger partial charge in [-0.2, -0.15) is 0 Å². The van der Waals surface area contributed by atoms with E-state index in [9.17, 15) is 0 Å². The molecule has 118 valence electrons. The first-order chi connectivity index (χ1) is 10.2. The third kappa shape index (κ3) is 3.64. The van der Waals surface area contributed by atoms with E-state index < -0.39 is 0 Å². The van der Waals surface area contributed by atoms with Crippen molar-refractivity contribution in [2.75, 3.05) is 37.5 Å². The normalized spacial score (nSPS) is 17.8. The number of aromatic nitrogens is 2. The van der Waals surface area contributed by atoms with Crippen LogP contribution in [-0.4, -0.2) is 37.2 Å². The van der Waals surface area contributed by atoms with E-state index in [0.717, 1.165) is 30.5 Å². The molecule has 1 saturated heterocycles. The van der Waals surface area contributed by atoms with Gasteiger partial charge in [-0.15, -0.1) is 0 Å². The molecule has 1 aliphatic heterocycles. The van der Waals surface area contributed by atoms with Gasteiger partial charge in [-0.25, -0.2) is 9.97 Å². The van der Waals surface area contributed by atoms with Gasteiger partial charge in [-0.1, -0.05) is 26.7 Å². The lowest BCUT2D eigenvalue weighted by atomic mass is 9.74. The summed E-state index contributed by atoms with van der Waals surface area (Å²) in [5.74, 6) is 2.61. The maximum atomic E-state index is 5.17. The Kier molecular flexibility index (Phi) is 5.39. The molecule has 0 spiro atoms. The molecule has 1 aliphatic rings. The minimum atomic E-state index is 0.449. The summed E-state index contributed by atoms with van der Waals surface area (Å²) in [6.45, 7) is 7.24. The summed E-state index contributed by atoms with van der Waals surface area (Å²) in [7, 11) is 3.56. The molecule has 0 unspecified atom stereocenters. The van der Waals surface area contributed by atoms with Crippen LogP contribution >= 0.6 is 0 Å². The van der Waals surface area contributed by atoms with Gasteiger partial charge in [-0.3, -0.25) is 0 Å². The summed E-state index contributed by atoms with van der Waals surface area (Å²) >= 11 is 0. The Morgan fingerprint density at radius 2 is 1.90 bits per heavy atom. The Hall–Kier alpha value is -1.36. The Labute approximate surface area is 128 Å². The Balaban J connectivity index is 2.14. The van der Waals surface area contributed by atoms with Crippen molar-refractivity contribution in [2.45, 2.75) is 46.1 Å². The average Bonchev–Trinajstić information content (AvgIpc) is 2.55. The van der Waals surface area contributed by atoms with E-state index in [0.29, 0.717) is 12.0 Å². The van der Waals surface area contributed by atoms with Crippen molar-refractivity contribution in [3.05, 3.63) is 11.9 Å². The summed E-state index contributed by atoms with van der Waals surface area (Å²) in [5, 5.41) is 3.11. The van der Waals surface area contributed by atoms with Gasteiger partial charge in [0.1, 0.15) is 18.2 Å². The Bertz CT molecular complexity index is 450. The smallest absolute Gasteiger partial charge is 0.158 e. The van der Waals surface area contributed by atoms with E-state index in [4.69, 9.17) is 4.74 Å². The van der Waals surface area contributed by atoms with E-state index in [2.05, 4.69) is 34.0 Å². The molecule has 1 fully saturated rings. The molecule has 0 amide bonds. The number of methoxy groups -OCH3 is 1. The molecule has 1 aromatic heterocycles. The largest absolute Gasteiger partial charge is 0.377 e. The van der Waals surface area contributed by atoms with Crippen LogP contribution in [0, 0.1) is 5.41 Å². The number of ether oxygens (including phenoxy) is 1. The van der Waals surface area contributed by atoms with Crippen molar-refractivity contribution in [1.29, 1.82) is 0 Å². The summed E-state index contributed by atoms with van der Waals surface area (Å²) < 4.78 is 5.17. The van der Waals surface area contributed by atoms with Gasteiger partial charge >= 0.3 is 0 Å². The van der Waals surface area contributed by atoms with Crippen LogP contribution in [0.1, 0.15) is 45.4 Å². The van der Waals surface area contributed by atoms with E-state index in [1.165, 1.54) is 25.7 Å². The van der Waals surface area contributed by atoms with Crippen LogP contribution in [-0.2, 0) is 11.3 Å². The van der Waals surface area contributed by atoms with Gasteiger partial charge in [0.2, 0.25) is 0 Å². The molecule has 5 heteroatoms. The number of nitrogens with zero attached hydrogens (tertiary/aromatic N) is 3. The molecule has 1 N–H and O–H groups in total. The predicted octanol–water partition coefficient (Wildman–Crippen LogP) is 3.07. The van der Waals surface area contributed by atoms with Gasteiger partial charge in [-0.05, 0) is 18.3 Å². The van der Waals surface area contributed by atoms with Crippen LogP contribution in [0.4, 0.5) is 11.6 Å². The zero-order chi connectivity index (χ0) is 15.3. The van der Waals surface area contributed by atoms with Crippen molar-refractivity contribution < 1.29 is 4.74 Å². The summed E-state index contributed by atoms with van der Waals surface area (Å²) in [6.07, 6.45) is 5.05. The zero-order valence-corrected chi connectivity index (χ0v) is 13.8. The van der Waals surface area contributed by atoms with Crippen LogP contribution in [0.25, 0.3) is 0 Å². The Morgan fingerprint density at radius 3 is 2.43 bits per heavy atom. The number of nitrogens with one attached hydrogen (secondary N) is 1. The van der Waals surface area contributed by atoms with E-state index in [1.807, 2.05) is 13.1 Å². The molecule has 0 aliphatic carbocycles. The van der Waals surface area contributed by atoms with Crippen molar-refractivity contribution in [3.8, 4) is 0 Å². The van der Waals surface area contributed by atoms with E-state index in [-0.39, 0.29) is 0 Å². The lowest BCUT2D eigenvalue weighted by Crippen LogP contribution is -2.40. The van der Waals surface area contributed by atoms with Gasteiger partial charge in [0.25, 0.3) is 0 Å². The minimum absolute atomic E-state index is 0.449. The van der Waals surface area contributed by atoms with Crippen LogP contribution in [0.2, 0.25) is 0 Å². The minimum Gasteiger partial charge on any atom is -0.377 e. The first-order valence-corrected chi connectivity index (χ1v) is 7.96. The average molecular weight is 292 g/mol. The standard InChI is InChI=1S/C16H28N4O/c1-5-16(6-2)7-9-20(10-8-16)15-11-13(17-3)18-14(19-15)12-21-4/h11H,5-10,12H2,1-4H3,(H,17,18,19). The highest BCUT2D eigenvalue weighted by atomic mass is 16.5. The number of piperidine rings is 1. The summed E-state index contributed by atoms with van der Waals surface area (Å²) in [4.78, 5) is 11.4. The zero-order valence-electron chi connectivity index (χ0n) is 13.8. The van der Waals surface area contributed by atoms with Crippen molar-refractivity contribution in [1.82, 2.24) is 9.97 Å². The topological polar surface area (TPSA) is 50.3 Å². The molecule has 21 heavy (non-hydrogen) atoms. The number of anilines is 2. The van der Waals surface area contributed by atoms with Gasteiger partial charge < -0.3 is 15.0 Å². The predicted molar refractivity (Wildman–Crippen MR) is 86.8 cm³/mol. The van der Waals surface area contributed by atoms with Crippen molar-refractivity contribution >= 4 is 11.6 Å². The fourth-order valence-corrected chi connectivity index (χ4v) is 3.13. The molecule has 0 aromatic carbocycles. The number of hydrogen-bond donors (Lipinski definition) is 1. The molecule has 0 radical (unpaired) electrons. The first-order valence-electron chi connectivity index (χ1n) is 7.96. The summed E-state index contributed by atoms with van der Waals surface area (Å²) in [6, 6.07) is 2.03. The highest BCUT2D eigenvalue weighted by Gasteiger charge is 2.31. The second-order valence-corrected chi connectivity index (χ2v) is 5.90. The van der Waals surface area contributed by atoms with Crippen LogP contribution in [0.3, 0.4) is 0 Å². The number of hydrogen-bond acceptors (Lipinski definition) is 5. The lowest BCUT2D eigenvalue weighted by molar-refractivity contribution is 0.177. The molecular formula is C16H28N4O. The maximum absolute atomic E-state index is 5.17. The molecular weight excluding hydrogens is 264 g/mol. The molecule has 5 nitrogen and oxygen atoms in total. The maximum Gasteiger partial charge on any atom is 0.158 e. The fraction of sp³-hybridized carbons (Fsp3) is 0.750. The Morgan fingerprint density at radius 1 is 1.24 bits per heavy atom. The monoisotopic (exact) mass is 292 g/mol. The van der Waals surface area contributed by atoms with Gasteiger partial charge in [0.15, 0.2) is 5.82 Å².